The highest BCUT2D eigenvalue weighted by Gasteiger charge is 2.40. The number of aromatic hydroxyl groups is 1. The standard InChI is InChI=1S/C20H16F3N5O2/c21-15-4-2-1-3-13(15)14-5-7-24-17(28-8-6-20(22,23)11-28)16(14)27-18(29)12-9-25-19(30)26-10-12/h1-5,7,9-10H,6,8,11H2,(H,27,29)(H,25,26,30). The summed E-state index contributed by atoms with van der Waals surface area (Å²) in [4.78, 5) is 25.4. The summed E-state index contributed by atoms with van der Waals surface area (Å²) < 4.78 is 42.1. The average molecular weight is 415 g/mol. The van der Waals surface area contributed by atoms with Gasteiger partial charge in [0.1, 0.15) is 5.82 Å². The maximum absolute atomic E-state index is 14.5. The van der Waals surface area contributed by atoms with Gasteiger partial charge in [0.15, 0.2) is 5.82 Å². The van der Waals surface area contributed by atoms with E-state index in [0.717, 1.165) is 12.4 Å². The maximum Gasteiger partial charge on any atom is 0.313 e. The predicted octanol–water partition coefficient (Wildman–Crippen LogP) is 3.48. The summed E-state index contributed by atoms with van der Waals surface area (Å²) in [6.07, 6.45) is 3.26. The number of alkyl halides is 2. The SMILES string of the molecule is O=C(Nc1c(-c2ccccc2F)ccnc1N1CCC(F)(F)C1)c1cnc(O)nc1. The fraction of sp³-hybridized carbons (Fsp3) is 0.200. The molecule has 1 saturated heterocycles. The van der Waals surface area contributed by atoms with E-state index in [1.807, 2.05) is 0 Å². The van der Waals surface area contributed by atoms with Crippen molar-refractivity contribution in [2.45, 2.75) is 12.3 Å². The van der Waals surface area contributed by atoms with Crippen LogP contribution >= 0.6 is 0 Å². The Morgan fingerprint density at radius 3 is 2.50 bits per heavy atom. The molecule has 0 aliphatic carbocycles. The van der Waals surface area contributed by atoms with Crippen LogP contribution in [0, 0.1) is 5.82 Å². The topological polar surface area (TPSA) is 91.2 Å². The Kier molecular flexibility index (Phi) is 4.98. The van der Waals surface area contributed by atoms with E-state index in [1.165, 1.54) is 35.4 Å². The van der Waals surface area contributed by atoms with Crippen LogP contribution in [0.4, 0.5) is 24.7 Å². The molecule has 2 aromatic heterocycles. The molecule has 0 bridgehead atoms. The molecule has 1 aliphatic heterocycles. The van der Waals surface area contributed by atoms with E-state index >= 15 is 0 Å². The Morgan fingerprint density at radius 2 is 1.83 bits per heavy atom. The van der Waals surface area contributed by atoms with Crippen molar-refractivity contribution in [3.63, 3.8) is 0 Å². The van der Waals surface area contributed by atoms with Crippen molar-refractivity contribution < 1.29 is 23.1 Å². The second-order valence-corrected chi connectivity index (χ2v) is 6.79. The number of carbonyl (C=O) groups is 1. The lowest BCUT2D eigenvalue weighted by molar-refractivity contribution is 0.0257. The largest absolute Gasteiger partial charge is 0.479 e. The first-order valence-electron chi connectivity index (χ1n) is 9.03. The second kappa shape index (κ2) is 7.62. The lowest BCUT2D eigenvalue weighted by atomic mass is 10.0. The van der Waals surface area contributed by atoms with Crippen LogP contribution in [0.25, 0.3) is 11.1 Å². The third kappa shape index (κ3) is 3.88. The molecule has 0 unspecified atom stereocenters. The van der Waals surface area contributed by atoms with Crippen molar-refractivity contribution in [1.82, 2.24) is 15.0 Å². The Bertz CT molecular complexity index is 1090. The number of halogens is 3. The summed E-state index contributed by atoms with van der Waals surface area (Å²) in [5.74, 6) is -3.97. The maximum atomic E-state index is 14.5. The van der Waals surface area contributed by atoms with Crippen LogP contribution in [0.15, 0.2) is 48.9 Å². The highest BCUT2D eigenvalue weighted by atomic mass is 19.3. The van der Waals surface area contributed by atoms with E-state index in [0.29, 0.717) is 5.56 Å². The van der Waals surface area contributed by atoms with Gasteiger partial charge in [-0.25, -0.2) is 28.1 Å². The van der Waals surface area contributed by atoms with E-state index in [2.05, 4.69) is 20.3 Å². The van der Waals surface area contributed by atoms with Gasteiger partial charge in [0.25, 0.3) is 11.8 Å². The minimum absolute atomic E-state index is 0.0221. The van der Waals surface area contributed by atoms with Gasteiger partial charge in [0.2, 0.25) is 0 Å². The molecule has 3 heterocycles. The third-order valence-corrected chi connectivity index (χ3v) is 4.70. The number of amides is 1. The predicted molar refractivity (Wildman–Crippen MR) is 103 cm³/mol. The van der Waals surface area contributed by atoms with Gasteiger partial charge in [-0.1, -0.05) is 18.2 Å². The van der Waals surface area contributed by atoms with Gasteiger partial charge in [0, 0.05) is 42.7 Å². The summed E-state index contributed by atoms with van der Waals surface area (Å²) in [5, 5.41) is 11.8. The number of anilines is 2. The second-order valence-electron chi connectivity index (χ2n) is 6.79. The van der Waals surface area contributed by atoms with E-state index in [-0.39, 0.29) is 35.6 Å². The zero-order chi connectivity index (χ0) is 21.3. The quantitative estimate of drug-likeness (QED) is 0.678. The molecular formula is C20H16F3N5O2. The number of nitrogens with one attached hydrogen (secondary N) is 1. The molecule has 0 saturated carbocycles. The van der Waals surface area contributed by atoms with Gasteiger partial charge in [-0.15, -0.1) is 0 Å². The van der Waals surface area contributed by atoms with Crippen LogP contribution in [-0.2, 0) is 0 Å². The summed E-state index contributed by atoms with van der Waals surface area (Å²) in [6.45, 7) is -0.530. The molecule has 0 atom stereocenters. The Hall–Kier alpha value is -3.69. The fourth-order valence-corrected chi connectivity index (χ4v) is 3.26. The van der Waals surface area contributed by atoms with Gasteiger partial charge < -0.3 is 15.3 Å². The Balaban J connectivity index is 1.79. The van der Waals surface area contributed by atoms with E-state index in [1.54, 1.807) is 6.07 Å². The fourth-order valence-electron chi connectivity index (χ4n) is 3.26. The van der Waals surface area contributed by atoms with Crippen molar-refractivity contribution in [2.75, 3.05) is 23.3 Å². The number of pyridine rings is 1. The lowest BCUT2D eigenvalue weighted by Crippen LogP contribution is -2.27. The molecule has 10 heteroatoms. The van der Waals surface area contributed by atoms with Crippen LogP contribution in [-0.4, -0.2) is 45.0 Å². The molecule has 30 heavy (non-hydrogen) atoms. The average Bonchev–Trinajstić information content (AvgIpc) is 3.09. The van der Waals surface area contributed by atoms with Crippen molar-refractivity contribution >= 4 is 17.4 Å². The first kappa shape index (κ1) is 19.6. The zero-order valence-corrected chi connectivity index (χ0v) is 15.5. The van der Waals surface area contributed by atoms with Crippen LogP contribution in [0.5, 0.6) is 6.01 Å². The summed E-state index contributed by atoms with van der Waals surface area (Å²) in [7, 11) is 0. The van der Waals surface area contributed by atoms with E-state index in [9.17, 15) is 23.1 Å². The van der Waals surface area contributed by atoms with Crippen molar-refractivity contribution in [3.05, 3.63) is 60.3 Å². The highest BCUT2D eigenvalue weighted by Crippen LogP contribution is 2.39. The molecule has 4 rings (SSSR count). The summed E-state index contributed by atoms with van der Waals surface area (Å²) >= 11 is 0. The molecule has 154 valence electrons. The Labute approximate surface area is 169 Å². The normalized spacial score (nSPS) is 15.2. The monoisotopic (exact) mass is 415 g/mol. The molecule has 3 aromatic rings. The van der Waals surface area contributed by atoms with Crippen LogP contribution in [0.1, 0.15) is 16.8 Å². The molecule has 1 aromatic carbocycles. The van der Waals surface area contributed by atoms with Gasteiger partial charge in [-0.2, -0.15) is 0 Å². The van der Waals surface area contributed by atoms with Crippen molar-refractivity contribution in [2.24, 2.45) is 0 Å². The van der Waals surface area contributed by atoms with E-state index in [4.69, 9.17) is 0 Å². The first-order chi connectivity index (χ1) is 14.3. The first-order valence-corrected chi connectivity index (χ1v) is 9.03. The van der Waals surface area contributed by atoms with Crippen molar-refractivity contribution in [1.29, 1.82) is 0 Å². The number of carbonyl (C=O) groups excluding carboxylic acids is 1. The Morgan fingerprint density at radius 1 is 1.10 bits per heavy atom. The van der Waals surface area contributed by atoms with Gasteiger partial charge in [-0.05, 0) is 12.1 Å². The number of benzene rings is 1. The van der Waals surface area contributed by atoms with Crippen molar-refractivity contribution in [3.8, 4) is 17.1 Å². The minimum atomic E-state index is -2.89. The van der Waals surface area contributed by atoms with Crippen LogP contribution < -0.4 is 10.2 Å². The summed E-state index contributed by atoms with van der Waals surface area (Å²) in [5.41, 5.74) is 0.595. The van der Waals surface area contributed by atoms with Crippen LogP contribution in [0.3, 0.4) is 0 Å². The molecular weight excluding hydrogens is 399 g/mol. The highest BCUT2D eigenvalue weighted by molar-refractivity contribution is 6.08. The van der Waals surface area contributed by atoms with Gasteiger partial charge in [-0.3, -0.25) is 4.79 Å². The number of hydrogen-bond acceptors (Lipinski definition) is 6. The molecule has 1 fully saturated rings. The molecule has 1 aliphatic rings. The van der Waals surface area contributed by atoms with Gasteiger partial charge in [0.05, 0.1) is 17.8 Å². The molecule has 2 N–H and O–H groups in total. The molecule has 7 nitrogen and oxygen atoms in total. The van der Waals surface area contributed by atoms with Crippen LogP contribution in [0.2, 0.25) is 0 Å². The third-order valence-electron chi connectivity index (χ3n) is 4.70. The lowest BCUT2D eigenvalue weighted by Gasteiger charge is -2.23. The van der Waals surface area contributed by atoms with Gasteiger partial charge >= 0.3 is 6.01 Å². The summed E-state index contributed by atoms with van der Waals surface area (Å²) in [6, 6.07) is 6.93. The smallest absolute Gasteiger partial charge is 0.313 e. The van der Waals surface area contributed by atoms with E-state index < -0.39 is 30.2 Å². The number of aromatic nitrogens is 3. The zero-order valence-electron chi connectivity index (χ0n) is 15.5. The number of rotatable bonds is 4. The minimum Gasteiger partial charge on any atom is -0.479 e. The molecule has 0 radical (unpaired) electrons. The number of nitrogens with zero attached hydrogens (tertiary/aromatic N) is 4. The molecule has 1 amide bonds. The number of hydrogen-bond donors (Lipinski definition) is 2. The molecule has 0 spiro atoms.